The lowest BCUT2D eigenvalue weighted by Gasteiger charge is -2.14. The van der Waals surface area contributed by atoms with Gasteiger partial charge in [0.2, 0.25) is 11.5 Å². The van der Waals surface area contributed by atoms with Crippen LogP contribution in [-0.4, -0.2) is 44.4 Å². The lowest BCUT2D eigenvalue weighted by Crippen LogP contribution is -2.20. The van der Waals surface area contributed by atoms with Crippen LogP contribution in [0.15, 0.2) is 30.3 Å². The van der Waals surface area contributed by atoms with Crippen LogP contribution in [0.1, 0.15) is 28.5 Å². The van der Waals surface area contributed by atoms with Crippen molar-refractivity contribution in [2.24, 2.45) is 0 Å². The molecule has 0 bridgehead atoms. The van der Waals surface area contributed by atoms with Crippen LogP contribution in [0.5, 0.6) is 17.2 Å². The summed E-state index contributed by atoms with van der Waals surface area (Å²) in [6, 6.07) is 8.41. The van der Waals surface area contributed by atoms with Crippen molar-refractivity contribution in [3.63, 3.8) is 0 Å². The number of rotatable bonds is 6. The van der Waals surface area contributed by atoms with Crippen molar-refractivity contribution in [3.05, 3.63) is 47.2 Å². The molecule has 0 radical (unpaired) electrons. The summed E-state index contributed by atoms with van der Waals surface area (Å²) in [6.45, 7) is 3.71. The van der Waals surface area contributed by atoms with Crippen molar-refractivity contribution in [1.29, 1.82) is 0 Å². The van der Waals surface area contributed by atoms with Gasteiger partial charge in [-0.15, -0.1) is 0 Å². The molecule has 0 saturated carbocycles. The monoisotopic (exact) mass is 412 g/mol. The summed E-state index contributed by atoms with van der Waals surface area (Å²) in [5, 5.41) is 0.626. The lowest BCUT2D eigenvalue weighted by atomic mass is 10.0. The molecule has 0 spiro atoms. The van der Waals surface area contributed by atoms with Gasteiger partial charge in [0.25, 0.3) is 0 Å². The van der Waals surface area contributed by atoms with Crippen molar-refractivity contribution in [1.82, 2.24) is 4.57 Å². The maximum Gasteiger partial charge on any atom is 0.419 e. The quantitative estimate of drug-likeness (QED) is 0.615. The van der Waals surface area contributed by atoms with Gasteiger partial charge in [0, 0.05) is 10.9 Å². The first kappa shape index (κ1) is 21.0. The highest BCUT2D eigenvalue weighted by atomic mass is 16.5. The smallest absolute Gasteiger partial charge is 0.419 e. The molecule has 0 atom stereocenters. The minimum Gasteiger partial charge on any atom is -0.493 e. The van der Waals surface area contributed by atoms with E-state index in [1.165, 1.54) is 38.0 Å². The van der Waals surface area contributed by atoms with E-state index >= 15 is 0 Å². The molecule has 0 aliphatic rings. The van der Waals surface area contributed by atoms with Crippen LogP contribution < -0.4 is 19.9 Å². The molecule has 1 heterocycles. The van der Waals surface area contributed by atoms with E-state index in [2.05, 4.69) is 0 Å². The summed E-state index contributed by atoms with van der Waals surface area (Å²) in [7, 11) is 4.39. The number of fused-ring (bicyclic) bond motifs is 1. The van der Waals surface area contributed by atoms with E-state index < -0.39 is 11.9 Å². The summed E-state index contributed by atoms with van der Waals surface area (Å²) in [5.74, 6) is 0.504. The fourth-order valence-electron chi connectivity index (χ4n) is 3.50. The van der Waals surface area contributed by atoms with Gasteiger partial charge in [-0.2, -0.15) is 0 Å². The van der Waals surface area contributed by atoms with Crippen molar-refractivity contribution >= 4 is 28.5 Å². The normalized spacial score (nSPS) is 10.7. The second-order valence-electron chi connectivity index (χ2n) is 6.51. The molecule has 30 heavy (non-hydrogen) atoms. The third kappa shape index (κ3) is 3.30. The topological polar surface area (TPSA) is 102 Å². The number of carbonyl (C=O) groups is 2. The number of nitrogens with zero attached hydrogens (tertiary/aromatic N) is 1. The molecule has 0 fully saturated rings. The zero-order valence-electron chi connectivity index (χ0n) is 17.6. The Morgan fingerprint density at radius 2 is 1.67 bits per heavy atom. The molecule has 3 aromatic rings. The number of aryl methyl sites for hydroxylation is 1. The molecular formula is C22H24N2O6. The second-order valence-corrected chi connectivity index (χ2v) is 6.51. The average molecular weight is 412 g/mol. The molecule has 8 heteroatoms. The largest absolute Gasteiger partial charge is 0.493 e. The molecule has 3 rings (SSSR count). The molecular weight excluding hydrogens is 388 g/mol. The highest BCUT2D eigenvalue weighted by molar-refractivity contribution is 6.19. The average Bonchev–Trinajstić information content (AvgIpc) is 3.05. The first-order chi connectivity index (χ1) is 14.4. The Hall–Kier alpha value is -3.68. The zero-order valence-corrected chi connectivity index (χ0v) is 17.6. The van der Waals surface area contributed by atoms with E-state index in [4.69, 9.17) is 24.7 Å². The van der Waals surface area contributed by atoms with E-state index in [0.29, 0.717) is 28.2 Å². The molecule has 2 N–H and O–H groups in total. The summed E-state index contributed by atoms with van der Waals surface area (Å²) < 4.78 is 22.4. The first-order valence-corrected chi connectivity index (χ1v) is 9.30. The minimum absolute atomic E-state index is 0.0204. The van der Waals surface area contributed by atoms with Crippen molar-refractivity contribution in [2.75, 3.05) is 33.7 Å². The molecule has 0 unspecified atom stereocenters. The predicted octanol–water partition coefficient (Wildman–Crippen LogP) is 3.79. The van der Waals surface area contributed by atoms with E-state index in [1.54, 1.807) is 19.1 Å². The Kier molecular flexibility index (Phi) is 5.86. The number of hydrogen-bond acceptors (Lipinski definition) is 7. The van der Waals surface area contributed by atoms with Crippen molar-refractivity contribution in [3.8, 4) is 17.2 Å². The lowest BCUT2D eigenvalue weighted by molar-refractivity contribution is 0.102. The van der Waals surface area contributed by atoms with Crippen LogP contribution in [0.3, 0.4) is 0 Å². The number of hydrogen-bond donors (Lipinski definition) is 1. The molecule has 158 valence electrons. The first-order valence-electron chi connectivity index (χ1n) is 9.30. The van der Waals surface area contributed by atoms with E-state index in [9.17, 15) is 9.59 Å². The molecule has 2 aromatic carbocycles. The van der Waals surface area contributed by atoms with E-state index in [-0.39, 0.29) is 23.6 Å². The fourth-order valence-corrected chi connectivity index (χ4v) is 3.50. The number of anilines is 1. The SMILES string of the molecule is CCOC(=O)n1c(C(=O)c2cc(OC)c(OC)c(OC)c2)c(N)c2c(C)cccc21. The van der Waals surface area contributed by atoms with Crippen LogP contribution in [0.25, 0.3) is 10.9 Å². The van der Waals surface area contributed by atoms with Gasteiger partial charge in [0.15, 0.2) is 11.5 Å². The number of benzene rings is 2. The number of aromatic nitrogens is 1. The third-order valence-electron chi connectivity index (χ3n) is 4.83. The van der Waals surface area contributed by atoms with Gasteiger partial charge in [-0.25, -0.2) is 9.36 Å². The second kappa shape index (κ2) is 8.36. The number of nitrogens with two attached hydrogens (primary N) is 1. The van der Waals surface area contributed by atoms with Gasteiger partial charge in [0.1, 0.15) is 5.69 Å². The van der Waals surface area contributed by atoms with Crippen LogP contribution >= 0.6 is 0 Å². The molecule has 1 aromatic heterocycles. The molecule has 0 amide bonds. The van der Waals surface area contributed by atoms with E-state index in [1.807, 2.05) is 13.0 Å². The number of ether oxygens (including phenoxy) is 4. The van der Waals surface area contributed by atoms with Crippen LogP contribution in [0, 0.1) is 6.92 Å². The molecule has 0 saturated heterocycles. The predicted molar refractivity (Wildman–Crippen MR) is 113 cm³/mol. The van der Waals surface area contributed by atoms with Crippen LogP contribution in [-0.2, 0) is 4.74 Å². The van der Waals surface area contributed by atoms with Crippen LogP contribution in [0.4, 0.5) is 10.5 Å². The van der Waals surface area contributed by atoms with Gasteiger partial charge in [-0.1, -0.05) is 12.1 Å². The third-order valence-corrected chi connectivity index (χ3v) is 4.83. The zero-order chi connectivity index (χ0) is 22.0. The molecule has 8 nitrogen and oxygen atoms in total. The summed E-state index contributed by atoms with van der Waals surface area (Å²) in [6.07, 6.45) is -0.680. The number of nitrogen functional groups attached to an aromatic ring is 1. The van der Waals surface area contributed by atoms with Gasteiger partial charge >= 0.3 is 6.09 Å². The molecule has 0 aliphatic heterocycles. The Bertz CT molecular complexity index is 1110. The maximum absolute atomic E-state index is 13.6. The van der Waals surface area contributed by atoms with Crippen molar-refractivity contribution < 1.29 is 28.5 Å². The Balaban J connectivity index is 2.30. The van der Waals surface area contributed by atoms with Gasteiger partial charge < -0.3 is 24.7 Å². The minimum atomic E-state index is -0.680. The number of carbonyl (C=O) groups excluding carboxylic acids is 2. The van der Waals surface area contributed by atoms with E-state index in [0.717, 1.165) is 5.56 Å². The molecule has 0 aliphatic carbocycles. The van der Waals surface area contributed by atoms with Gasteiger partial charge in [0.05, 0.1) is 39.1 Å². The Morgan fingerprint density at radius 1 is 1.03 bits per heavy atom. The summed E-state index contributed by atoms with van der Waals surface area (Å²) in [5.41, 5.74) is 8.16. The van der Waals surface area contributed by atoms with Crippen LogP contribution in [0.2, 0.25) is 0 Å². The van der Waals surface area contributed by atoms with Gasteiger partial charge in [-0.3, -0.25) is 4.79 Å². The maximum atomic E-state index is 13.6. The van der Waals surface area contributed by atoms with Gasteiger partial charge in [-0.05, 0) is 37.6 Å². The highest BCUT2D eigenvalue weighted by Crippen LogP contribution is 2.40. The standard InChI is InChI=1S/C22H24N2O6/c1-6-30-22(26)24-14-9-7-8-12(2)17(14)18(23)19(24)20(25)13-10-15(27-3)21(29-5)16(11-13)28-4/h7-11H,6,23H2,1-5H3. The number of methoxy groups -OCH3 is 3. The summed E-state index contributed by atoms with van der Waals surface area (Å²) >= 11 is 0. The summed E-state index contributed by atoms with van der Waals surface area (Å²) in [4.78, 5) is 26.3. The van der Waals surface area contributed by atoms with Crippen molar-refractivity contribution in [2.45, 2.75) is 13.8 Å². The highest BCUT2D eigenvalue weighted by Gasteiger charge is 2.28. The Labute approximate surface area is 174 Å². The number of ketones is 1. The Morgan fingerprint density at radius 3 is 2.20 bits per heavy atom. The fraction of sp³-hybridized carbons (Fsp3) is 0.273.